The Morgan fingerprint density at radius 3 is 2.81 bits per heavy atom. The Labute approximate surface area is 190 Å². The number of halogens is 2. The van der Waals surface area contributed by atoms with E-state index in [-0.39, 0.29) is 11.8 Å². The first kappa shape index (κ1) is 21.6. The van der Waals surface area contributed by atoms with E-state index >= 15 is 0 Å². The summed E-state index contributed by atoms with van der Waals surface area (Å²) in [4.78, 5) is 19.4. The van der Waals surface area contributed by atoms with Crippen molar-refractivity contribution < 1.29 is 14.1 Å². The van der Waals surface area contributed by atoms with Gasteiger partial charge in [-0.1, -0.05) is 28.4 Å². The van der Waals surface area contributed by atoms with Gasteiger partial charge in [0.2, 0.25) is 17.6 Å². The van der Waals surface area contributed by atoms with Crippen molar-refractivity contribution in [3.8, 4) is 17.1 Å². The van der Waals surface area contributed by atoms with Crippen molar-refractivity contribution in [1.29, 1.82) is 0 Å². The fraction of sp³-hybridized carbons (Fsp3) is 0.318. The van der Waals surface area contributed by atoms with Crippen LogP contribution in [0, 0.1) is 5.92 Å². The quantitative estimate of drug-likeness (QED) is 0.563. The minimum atomic E-state index is -0.131. The van der Waals surface area contributed by atoms with Gasteiger partial charge >= 0.3 is 0 Å². The van der Waals surface area contributed by atoms with Gasteiger partial charge in [0.15, 0.2) is 0 Å². The van der Waals surface area contributed by atoms with Crippen LogP contribution in [0.4, 0.5) is 5.69 Å². The van der Waals surface area contributed by atoms with Crippen molar-refractivity contribution in [2.45, 2.75) is 19.4 Å². The lowest BCUT2D eigenvalue weighted by atomic mass is 9.97. The molecular weight excluding hydrogens is 439 g/mol. The summed E-state index contributed by atoms with van der Waals surface area (Å²) in [5.74, 6) is 1.45. The summed E-state index contributed by atoms with van der Waals surface area (Å²) in [6.07, 6.45) is 1.74. The van der Waals surface area contributed by atoms with Gasteiger partial charge in [-0.3, -0.25) is 9.69 Å². The van der Waals surface area contributed by atoms with E-state index in [0.29, 0.717) is 46.3 Å². The summed E-state index contributed by atoms with van der Waals surface area (Å²) in [7, 11) is 1.55. The topological polar surface area (TPSA) is 80.5 Å². The molecule has 1 aliphatic rings. The van der Waals surface area contributed by atoms with Gasteiger partial charge < -0.3 is 14.6 Å². The Kier molecular flexibility index (Phi) is 6.75. The molecule has 0 radical (unpaired) electrons. The van der Waals surface area contributed by atoms with Gasteiger partial charge in [0.25, 0.3) is 0 Å². The molecule has 1 aromatic heterocycles. The molecular formula is C22H22Cl2N4O3. The maximum Gasteiger partial charge on any atom is 0.241 e. The van der Waals surface area contributed by atoms with Crippen molar-refractivity contribution in [3.63, 3.8) is 0 Å². The Morgan fingerprint density at radius 2 is 2.06 bits per heavy atom. The van der Waals surface area contributed by atoms with Gasteiger partial charge in [-0.2, -0.15) is 4.98 Å². The second kappa shape index (κ2) is 9.68. The van der Waals surface area contributed by atoms with E-state index in [2.05, 4.69) is 20.4 Å². The molecule has 0 aliphatic carbocycles. The van der Waals surface area contributed by atoms with E-state index in [9.17, 15) is 4.79 Å². The number of hydrogen-bond donors (Lipinski definition) is 1. The van der Waals surface area contributed by atoms with Crippen LogP contribution in [0.5, 0.6) is 5.75 Å². The Bertz CT molecular complexity index is 1060. The minimum Gasteiger partial charge on any atom is -0.495 e. The highest BCUT2D eigenvalue weighted by Crippen LogP contribution is 2.28. The van der Waals surface area contributed by atoms with E-state index in [1.807, 2.05) is 12.1 Å². The van der Waals surface area contributed by atoms with Crippen LogP contribution in [0.1, 0.15) is 18.7 Å². The highest BCUT2D eigenvalue weighted by Gasteiger charge is 2.27. The number of ether oxygens (including phenoxy) is 1. The van der Waals surface area contributed by atoms with Crippen LogP contribution in [0.15, 0.2) is 47.0 Å². The SMILES string of the molecule is COc1ccc(NC(=O)C2CCCN(Cc3nc(-c4ccc(Cl)cc4)no3)C2)cc1Cl. The molecule has 1 N–H and O–H groups in total. The van der Waals surface area contributed by atoms with Gasteiger partial charge in [-0.05, 0) is 61.9 Å². The maximum absolute atomic E-state index is 12.8. The number of carbonyl (C=O) groups is 1. The lowest BCUT2D eigenvalue weighted by molar-refractivity contribution is -0.121. The molecule has 1 saturated heterocycles. The molecule has 0 spiro atoms. The molecule has 1 fully saturated rings. The Hall–Kier alpha value is -2.61. The van der Waals surface area contributed by atoms with Crippen LogP contribution >= 0.6 is 23.2 Å². The molecule has 0 saturated carbocycles. The number of likely N-dealkylation sites (tertiary alicyclic amines) is 1. The summed E-state index contributed by atoms with van der Waals surface area (Å²) < 4.78 is 10.6. The molecule has 1 atom stereocenters. The Balaban J connectivity index is 1.36. The molecule has 1 aliphatic heterocycles. The molecule has 7 nitrogen and oxygen atoms in total. The zero-order valence-electron chi connectivity index (χ0n) is 17.0. The van der Waals surface area contributed by atoms with Crippen LogP contribution in [0.25, 0.3) is 11.4 Å². The summed E-state index contributed by atoms with van der Waals surface area (Å²) in [5, 5.41) is 8.12. The average molecular weight is 461 g/mol. The number of carbonyl (C=O) groups excluding carboxylic acids is 1. The van der Waals surface area contributed by atoms with Gasteiger partial charge in [0.05, 0.1) is 24.6 Å². The van der Waals surface area contributed by atoms with E-state index in [4.69, 9.17) is 32.5 Å². The van der Waals surface area contributed by atoms with Crippen molar-refractivity contribution >= 4 is 34.8 Å². The second-order valence-corrected chi connectivity index (χ2v) is 8.28. The van der Waals surface area contributed by atoms with Gasteiger partial charge in [-0.25, -0.2) is 0 Å². The van der Waals surface area contributed by atoms with Crippen molar-refractivity contribution in [3.05, 3.63) is 58.4 Å². The largest absolute Gasteiger partial charge is 0.495 e. The number of piperidine rings is 1. The van der Waals surface area contributed by atoms with Gasteiger partial charge in [0.1, 0.15) is 5.75 Å². The molecule has 4 rings (SSSR count). The Morgan fingerprint density at radius 1 is 1.26 bits per heavy atom. The number of methoxy groups -OCH3 is 1. The fourth-order valence-electron chi connectivity index (χ4n) is 3.63. The summed E-state index contributed by atoms with van der Waals surface area (Å²) in [5.41, 5.74) is 1.49. The molecule has 1 amide bonds. The van der Waals surface area contributed by atoms with Gasteiger partial charge in [0, 0.05) is 22.8 Å². The smallest absolute Gasteiger partial charge is 0.241 e. The predicted molar refractivity (Wildman–Crippen MR) is 119 cm³/mol. The van der Waals surface area contributed by atoms with Crippen LogP contribution in [-0.4, -0.2) is 41.1 Å². The monoisotopic (exact) mass is 460 g/mol. The summed E-state index contributed by atoms with van der Waals surface area (Å²) in [6.45, 7) is 1.99. The zero-order valence-corrected chi connectivity index (χ0v) is 18.5. The van der Waals surface area contributed by atoms with Gasteiger partial charge in [-0.15, -0.1) is 0 Å². The van der Waals surface area contributed by atoms with E-state index in [0.717, 1.165) is 24.9 Å². The molecule has 162 valence electrons. The molecule has 1 unspecified atom stereocenters. The zero-order chi connectivity index (χ0) is 21.8. The normalized spacial score (nSPS) is 16.8. The average Bonchev–Trinajstić information content (AvgIpc) is 3.23. The third-order valence-corrected chi connectivity index (χ3v) is 5.77. The number of nitrogens with one attached hydrogen (secondary N) is 1. The number of amides is 1. The highest BCUT2D eigenvalue weighted by atomic mass is 35.5. The molecule has 2 aromatic carbocycles. The molecule has 3 aromatic rings. The van der Waals surface area contributed by atoms with Crippen LogP contribution in [0.3, 0.4) is 0 Å². The lowest BCUT2D eigenvalue weighted by Crippen LogP contribution is -2.40. The second-order valence-electron chi connectivity index (χ2n) is 7.43. The number of benzene rings is 2. The van der Waals surface area contributed by atoms with Crippen molar-refractivity contribution in [1.82, 2.24) is 15.0 Å². The van der Waals surface area contributed by atoms with E-state index in [1.54, 1.807) is 37.4 Å². The first-order chi connectivity index (χ1) is 15.0. The van der Waals surface area contributed by atoms with Crippen LogP contribution < -0.4 is 10.1 Å². The third kappa shape index (κ3) is 5.36. The number of anilines is 1. The van der Waals surface area contributed by atoms with Crippen molar-refractivity contribution in [2.75, 3.05) is 25.5 Å². The molecule has 0 bridgehead atoms. The predicted octanol–water partition coefficient (Wildman–Crippen LogP) is 4.90. The van der Waals surface area contributed by atoms with Crippen LogP contribution in [0.2, 0.25) is 10.0 Å². The summed E-state index contributed by atoms with van der Waals surface area (Å²) >= 11 is 12.1. The fourth-order valence-corrected chi connectivity index (χ4v) is 4.01. The first-order valence-corrected chi connectivity index (χ1v) is 10.7. The molecule has 9 heteroatoms. The van der Waals surface area contributed by atoms with E-state index < -0.39 is 0 Å². The number of rotatable bonds is 6. The highest BCUT2D eigenvalue weighted by molar-refractivity contribution is 6.32. The maximum atomic E-state index is 12.8. The minimum absolute atomic E-state index is 0.0293. The number of nitrogens with zero attached hydrogens (tertiary/aromatic N) is 3. The summed E-state index contributed by atoms with van der Waals surface area (Å²) in [6, 6.07) is 12.5. The number of hydrogen-bond acceptors (Lipinski definition) is 6. The standard InChI is InChI=1S/C22H22Cl2N4O3/c1-30-19-9-8-17(11-18(19)24)25-22(29)15-3-2-10-28(12-15)13-20-26-21(27-31-20)14-4-6-16(23)7-5-14/h4-9,11,15H,2-3,10,12-13H2,1H3,(H,25,29). The van der Waals surface area contributed by atoms with Crippen molar-refractivity contribution in [2.24, 2.45) is 5.92 Å². The number of aromatic nitrogens is 2. The molecule has 2 heterocycles. The van der Waals surface area contributed by atoms with Crippen LogP contribution in [-0.2, 0) is 11.3 Å². The lowest BCUT2D eigenvalue weighted by Gasteiger charge is -2.30. The van der Waals surface area contributed by atoms with E-state index in [1.165, 1.54) is 0 Å². The molecule has 31 heavy (non-hydrogen) atoms. The first-order valence-electron chi connectivity index (χ1n) is 9.97. The third-order valence-electron chi connectivity index (χ3n) is 5.23.